The third-order valence-corrected chi connectivity index (χ3v) is 3.52. The predicted octanol–water partition coefficient (Wildman–Crippen LogP) is 2.53. The lowest BCUT2D eigenvalue weighted by atomic mass is 10.1. The fourth-order valence-corrected chi connectivity index (χ4v) is 2.48. The van der Waals surface area contributed by atoms with Gasteiger partial charge in [-0.05, 0) is 23.9 Å². The van der Waals surface area contributed by atoms with Crippen molar-refractivity contribution in [1.29, 1.82) is 0 Å². The van der Waals surface area contributed by atoms with E-state index in [2.05, 4.69) is 5.32 Å². The fourth-order valence-electron chi connectivity index (χ4n) is 1.67. The van der Waals surface area contributed by atoms with E-state index in [-0.39, 0.29) is 18.6 Å². The molecule has 0 unspecified atom stereocenters. The van der Waals surface area contributed by atoms with Gasteiger partial charge in [0, 0.05) is 11.6 Å². The Morgan fingerprint density at radius 1 is 1.33 bits per heavy atom. The molecule has 0 aliphatic heterocycles. The lowest BCUT2D eigenvalue weighted by molar-refractivity contribution is 0.0927. The molecule has 0 saturated carbocycles. The second-order valence-corrected chi connectivity index (χ2v) is 5.00. The zero-order valence-corrected chi connectivity index (χ0v) is 10.9. The molecule has 0 fully saturated rings. The first-order valence-electron chi connectivity index (χ1n) is 5.77. The normalized spacial score (nSPS) is 12.1. The first-order chi connectivity index (χ1) is 8.72. The molecule has 2 aromatic rings. The summed E-state index contributed by atoms with van der Waals surface area (Å²) in [6, 6.07) is 11.5. The van der Waals surface area contributed by atoms with Crippen LogP contribution in [0.2, 0.25) is 0 Å². The topological polar surface area (TPSA) is 49.3 Å². The van der Waals surface area contributed by atoms with Crippen LogP contribution in [-0.4, -0.2) is 23.7 Å². The Morgan fingerprint density at radius 2 is 2.06 bits per heavy atom. The van der Waals surface area contributed by atoms with Gasteiger partial charge in [0.1, 0.15) is 0 Å². The van der Waals surface area contributed by atoms with E-state index in [4.69, 9.17) is 5.11 Å². The van der Waals surface area contributed by atoms with Crippen LogP contribution in [0, 0.1) is 0 Å². The van der Waals surface area contributed by atoms with Crippen LogP contribution in [0.3, 0.4) is 0 Å². The molecule has 94 valence electrons. The molecule has 4 heteroatoms. The van der Waals surface area contributed by atoms with Gasteiger partial charge in [-0.1, -0.05) is 30.3 Å². The third-order valence-electron chi connectivity index (χ3n) is 2.61. The van der Waals surface area contributed by atoms with Crippen LogP contribution in [0.5, 0.6) is 0 Å². The number of aliphatic hydroxyl groups is 1. The molecule has 0 spiro atoms. The first kappa shape index (κ1) is 12.8. The molecule has 1 aromatic carbocycles. The predicted molar refractivity (Wildman–Crippen MR) is 73.8 cm³/mol. The van der Waals surface area contributed by atoms with E-state index >= 15 is 0 Å². The minimum Gasteiger partial charge on any atom is -0.394 e. The zero-order valence-electron chi connectivity index (χ0n) is 10.1. The van der Waals surface area contributed by atoms with Gasteiger partial charge in [-0.2, -0.15) is 0 Å². The number of aliphatic hydroxyl groups excluding tert-OH is 1. The monoisotopic (exact) mass is 261 g/mol. The molecule has 1 aromatic heterocycles. The van der Waals surface area contributed by atoms with Gasteiger partial charge in [0.15, 0.2) is 0 Å². The van der Waals surface area contributed by atoms with Crippen LogP contribution in [-0.2, 0) is 0 Å². The van der Waals surface area contributed by atoms with Crippen LogP contribution in [0.1, 0.15) is 16.6 Å². The van der Waals surface area contributed by atoms with E-state index < -0.39 is 0 Å². The molecule has 0 aliphatic carbocycles. The highest BCUT2D eigenvalue weighted by Crippen LogP contribution is 2.28. The summed E-state index contributed by atoms with van der Waals surface area (Å²) in [6.07, 6.45) is 0. The van der Waals surface area contributed by atoms with Crippen LogP contribution in [0.4, 0.5) is 0 Å². The van der Waals surface area contributed by atoms with Gasteiger partial charge in [0.25, 0.3) is 5.91 Å². The molecular weight excluding hydrogens is 246 g/mol. The van der Waals surface area contributed by atoms with Gasteiger partial charge < -0.3 is 10.4 Å². The van der Waals surface area contributed by atoms with Crippen molar-refractivity contribution in [3.63, 3.8) is 0 Å². The van der Waals surface area contributed by atoms with Gasteiger partial charge in [0.05, 0.1) is 11.5 Å². The summed E-state index contributed by atoms with van der Waals surface area (Å²) < 4.78 is 0. The van der Waals surface area contributed by atoms with Crippen molar-refractivity contribution in [1.82, 2.24) is 5.32 Å². The maximum atomic E-state index is 12.1. The van der Waals surface area contributed by atoms with Crippen molar-refractivity contribution < 1.29 is 9.90 Å². The summed E-state index contributed by atoms with van der Waals surface area (Å²) in [5, 5.41) is 13.6. The molecule has 18 heavy (non-hydrogen) atoms. The van der Waals surface area contributed by atoms with E-state index in [0.29, 0.717) is 4.88 Å². The first-order valence-corrected chi connectivity index (χ1v) is 6.65. The number of nitrogens with one attached hydrogen (secondary N) is 1. The summed E-state index contributed by atoms with van der Waals surface area (Å²) in [5.41, 5.74) is 1.96. The standard InChI is InChI=1S/C14H15NO2S/c1-10(9-16)15-14(17)13-12(7-8-18-13)11-5-3-2-4-6-11/h2-8,10,16H,9H2,1H3,(H,15,17)/t10-/m1/s1. The Bertz CT molecular complexity index is 522. The van der Waals surface area contributed by atoms with Crippen molar-refractivity contribution in [2.75, 3.05) is 6.61 Å². The highest BCUT2D eigenvalue weighted by molar-refractivity contribution is 7.12. The summed E-state index contributed by atoms with van der Waals surface area (Å²) in [5.74, 6) is -0.134. The Morgan fingerprint density at radius 3 is 2.72 bits per heavy atom. The average Bonchev–Trinajstić information content (AvgIpc) is 2.88. The highest BCUT2D eigenvalue weighted by atomic mass is 32.1. The lowest BCUT2D eigenvalue weighted by Crippen LogP contribution is -2.34. The molecule has 0 aliphatic rings. The van der Waals surface area contributed by atoms with E-state index in [9.17, 15) is 4.79 Å². The number of thiophene rings is 1. The van der Waals surface area contributed by atoms with E-state index in [0.717, 1.165) is 11.1 Å². The second kappa shape index (κ2) is 5.80. The van der Waals surface area contributed by atoms with Crippen molar-refractivity contribution >= 4 is 17.2 Å². The molecule has 3 nitrogen and oxygen atoms in total. The van der Waals surface area contributed by atoms with E-state index in [1.807, 2.05) is 41.8 Å². The number of hydrogen-bond donors (Lipinski definition) is 2. The Labute approximate surface area is 110 Å². The zero-order chi connectivity index (χ0) is 13.0. The summed E-state index contributed by atoms with van der Waals surface area (Å²) in [4.78, 5) is 12.7. The number of hydrogen-bond acceptors (Lipinski definition) is 3. The molecule has 1 atom stereocenters. The van der Waals surface area contributed by atoms with Gasteiger partial charge in [0.2, 0.25) is 0 Å². The van der Waals surface area contributed by atoms with E-state index in [1.165, 1.54) is 11.3 Å². The van der Waals surface area contributed by atoms with Gasteiger partial charge in [-0.15, -0.1) is 11.3 Å². The van der Waals surface area contributed by atoms with Crippen LogP contribution in [0.15, 0.2) is 41.8 Å². The summed E-state index contributed by atoms with van der Waals surface area (Å²) in [7, 11) is 0. The Balaban J connectivity index is 2.26. The van der Waals surface area contributed by atoms with E-state index in [1.54, 1.807) is 6.92 Å². The van der Waals surface area contributed by atoms with Gasteiger partial charge in [-0.3, -0.25) is 4.79 Å². The molecule has 0 bridgehead atoms. The number of carbonyl (C=O) groups is 1. The lowest BCUT2D eigenvalue weighted by Gasteiger charge is -2.11. The third kappa shape index (κ3) is 2.78. The second-order valence-electron chi connectivity index (χ2n) is 4.09. The smallest absolute Gasteiger partial charge is 0.262 e. The fraction of sp³-hybridized carbons (Fsp3) is 0.214. The van der Waals surface area contributed by atoms with Gasteiger partial charge in [-0.25, -0.2) is 0 Å². The number of rotatable bonds is 4. The van der Waals surface area contributed by atoms with Crippen LogP contribution >= 0.6 is 11.3 Å². The quantitative estimate of drug-likeness (QED) is 0.888. The van der Waals surface area contributed by atoms with Crippen LogP contribution in [0.25, 0.3) is 11.1 Å². The van der Waals surface area contributed by atoms with Crippen molar-refractivity contribution in [3.8, 4) is 11.1 Å². The summed E-state index contributed by atoms with van der Waals surface area (Å²) >= 11 is 1.41. The maximum Gasteiger partial charge on any atom is 0.262 e. The molecular formula is C14H15NO2S. The summed E-state index contributed by atoms with van der Waals surface area (Å²) in [6.45, 7) is 1.71. The maximum absolute atomic E-state index is 12.1. The largest absolute Gasteiger partial charge is 0.394 e. The average molecular weight is 261 g/mol. The molecule has 0 radical (unpaired) electrons. The Kier molecular flexibility index (Phi) is 4.12. The minimum atomic E-state index is -0.233. The Hall–Kier alpha value is -1.65. The SMILES string of the molecule is C[C@H](CO)NC(=O)c1sccc1-c1ccccc1. The molecule has 0 saturated heterocycles. The van der Waals surface area contributed by atoms with Crippen molar-refractivity contribution in [2.24, 2.45) is 0 Å². The molecule has 2 N–H and O–H groups in total. The number of carbonyl (C=O) groups excluding carboxylic acids is 1. The molecule has 1 amide bonds. The van der Waals surface area contributed by atoms with Crippen molar-refractivity contribution in [3.05, 3.63) is 46.7 Å². The van der Waals surface area contributed by atoms with Crippen LogP contribution < -0.4 is 5.32 Å². The molecule has 2 rings (SSSR count). The minimum absolute atomic E-state index is 0.0578. The van der Waals surface area contributed by atoms with Crippen molar-refractivity contribution in [2.45, 2.75) is 13.0 Å². The molecule has 1 heterocycles. The highest BCUT2D eigenvalue weighted by Gasteiger charge is 2.15. The number of benzene rings is 1. The number of amides is 1. The van der Waals surface area contributed by atoms with Gasteiger partial charge >= 0.3 is 0 Å².